The fraction of sp³-hybridized carbons (Fsp3) is 0.0833. The Morgan fingerprint density at radius 2 is 2.05 bits per heavy atom. The van der Waals surface area contributed by atoms with E-state index in [0.717, 1.165) is 0 Å². The molecule has 0 aliphatic carbocycles. The smallest absolute Gasteiger partial charge is 0.358 e. The fourth-order valence-electron chi connectivity index (χ4n) is 1.49. The first-order valence-corrected chi connectivity index (χ1v) is 6.86. The summed E-state index contributed by atoms with van der Waals surface area (Å²) in [5, 5.41) is 0.639. The highest BCUT2D eigenvalue weighted by atomic mass is 79.9. The number of nitrogen functional groups attached to an aromatic ring is 1. The van der Waals surface area contributed by atoms with Crippen LogP contribution in [0.5, 0.6) is 0 Å². The predicted molar refractivity (Wildman–Crippen MR) is 80.9 cm³/mol. The molecule has 20 heavy (non-hydrogen) atoms. The Morgan fingerprint density at radius 1 is 1.35 bits per heavy atom. The van der Waals surface area contributed by atoms with Crippen molar-refractivity contribution in [1.82, 2.24) is 9.97 Å². The van der Waals surface area contributed by atoms with E-state index in [-0.39, 0.29) is 26.8 Å². The highest BCUT2D eigenvalue weighted by Gasteiger charge is 2.19. The second kappa shape index (κ2) is 5.95. The Morgan fingerprint density at radius 3 is 2.70 bits per heavy atom. The number of nitrogens with zero attached hydrogens (tertiary/aromatic N) is 2. The molecule has 0 fully saturated rings. The normalized spacial score (nSPS) is 10.4. The van der Waals surface area contributed by atoms with Gasteiger partial charge in [0, 0.05) is 5.56 Å². The third-order valence-corrected chi connectivity index (χ3v) is 4.05. The van der Waals surface area contributed by atoms with Gasteiger partial charge in [0.1, 0.15) is 5.82 Å². The van der Waals surface area contributed by atoms with Crippen LogP contribution in [0, 0.1) is 0 Å². The molecular formula is C12H8BrCl2N3O2. The number of halogens is 3. The van der Waals surface area contributed by atoms with Gasteiger partial charge in [0.15, 0.2) is 11.5 Å². The summed E-state index contributed by atoms with van der Waals surface area (Å²) in [5.74, 6) is -0.338. The van der Waals surface area contributed by atoms with Crippen molar-refractivity contribution in [1.29, 1.82) is 0 Å². The number of hydrogen-bond donors (Lipinski definition) is 1. The van der Waals surface area contributed by atoms with Crippen LogP contribution in [-0.4, -0.2) is 23.0 Å². The van der Waals surface area contributed by atoms with E-state index in [1.165, 1.54) is 7.11 Å². The number of ether oxygens (including phenoxy) is 1. The molecule has 0 radical (unpaired) electrons. The summed E-state index contributed by atoms with van der Waals surface area (Å²) < 4.78 is 4.91. The summed E-state index contributed by atoms with van der Waals surface area (Å²) in [4.78, 5) is 19.9. The predicted octanol–water partition coefficient (Wildman–Crippen LogP) is 3.58. The van der Waals surface area contributed by atoms with Crippen molar-refractivity contribution in [2.24, 2.45) is 0 Å². The van der Waals surface area contributed by atoms with Crippen LogP contribution in [0.3, 0.4) is 0 Å². The van der Waals surface area contributed by atoms with Crippen molar-refractivity contribution >= 4 is 50.9 Å². The molecule has 104 valence electrons. The minimum Gasteiger partial charge on any atom is -0.464 e. The molecular weight excluding hydrogens is 369 g/mol. The number of esters is 1. The molecule has 0 amide bonds. The number of aromatic nitrogens is 2. The Kier molecular flexibility index (Phi) is 4.47. The number of rotatable bonds is 2. The zero-order valence-electron chi connectivity index (χ0n) is 10.2. The van der Waals surface area contributed by atoms with E-state index in [0.29, 0.717) is 10.6 Å². The molecule has 0 saturated heterocycles. The molecule has 0 aliphatic rings. The summed E-state index contributed by atoms with van der Waals surface area (Å²) in [5.41, 5.74) is 6.25. The summed E-state index contributed by atoms with van der Waals surface area (Å²) in [6.45, 7) is 0. The molecule has 0 aliphatic heterocycles. The van der Waals surface area contributed by atoms with Crippen molar-refractivity contribution in [3.63, 3.8) is 0 Å². The van der Waals surface area contributed by atoms with Crippen LogP contribution < -0.4 is 5.73 Å². The molecule has 0 spiro atoms. The fourth-order valence-corrected chi connectivity index (χ4v) is 2.22. The van der Waals surface area contributed by atoms with Crippen LogP contribution in [0.1, 0.15) is 10.5 Å². The molecule has 0 bridgehead atoms. The van der Waals surface area contributed by atoms with Gasteiger partial charge < -0.3 is 10.5 Å². The SMILES string of the molecule is COC(=O)c1nc(-c2cccc(Cl)c2Cl)nc(N)c1Br. The number of carbonyl (C=O) groups excluding carboxylic acids is 1. The van der Waals surface area contributed by atoms with E-state index < -0.39 is 5.97 Å². The number of carbonyl (C=O) groups is 1. The minimum absolute atomic E-state index is 0.0195. The highest BCUT2D eigenvalue weighted by Crippen LogP contribution is 2.33. The number of anilines is 1. The van der Waals surface area contributed by atoms with E-state index >= 15 is 0 Å². The van der Waals surface area contributed by atoms with Gasteiger partial charge in [-0.15, -0.1) is 0 Å². The van der Waals surface area contributed by atoms with Crippen LogP contribution in [0.4, 0.5) is 5.82 Å². The second-order valence-electron chi connectivity index (χ2n) is 3.69. The van der Waals surface area contributed by atoms with Crippen molar-refractivity contribution < 1.29 is 9.53 Å². The lowest BCUT2D eigenvalue weighted by Gasteiger charge is -2.09. The van der Waals surface area contributed by atoms with Gasteiger partial charge in [-0.1, -0.05) is 29.3 Å². The Balaban J connectivity index is 2.67. The molecule has 2 aromatic rings. The maximum atomic E-state index is 11.7. The van der Waals surface area contributed by atoms with Crippen LogP contribution in [0.2, 0.25) is 10.0 Å². The topological polar surface area (TPSA) is 78.1 Å². The molecule has 0 saturated carbocycles. The van der Waals surface area contributed by atoms with Gasteiger partial charge in [0.05, 0.1) is 21.6 Å². The first-order chi connectivity index (χ1) is 9.45. The average molecular weight is 377 g/mol. The second-order valence-corrected chi connectivity index (χ2v) is 5.27. The lowest BCUT2D eigenvalue weighted by molar-refractivity contribution is 0.0593. The molecule has 2 rings (SSSR count). The van der Waals surface area contributed by atoms with Gasteiger partial charge in [-0.2, -0.15) is 0 Å². The first kappa shape index (κ1) is 15.0. The molecule has 0 atom stereocenters. The van der Waals surface area contributed by atoms with Gasteiger partial charge >= 0.3 is 5.97 Å². The Hall–Kier alpha value is -1.37. The van der Waals surface area contributed by atoms with E-state index in [9.17, 15) is 4.79 Å². The zero-order chi connectivity index (χ0) is 14.9. The van der Waals surface area contributed by atoms with Crippen molar-refractivity contribution in [3.8, 4) is 11.4 Å². The molecule has 1 aromatic heterocycles. The largest absolute Gasteiger partial charge is 0.464 e. The molecule has 0 unspecified atom stereocenters. The van der Waals surface area contributed by atoms with E-state index in [1.807, 2.05) is 0 Å². The maximum absolute atomic E-state index is 11.7. The van der Waals surface area contributed by atoms with Crippen LogP contribution in [0.25, 0.3) is 11.4 Å². The van der Waals surface area contributed by atoms with Crippen LogP contribution in [-0.2, 0) is 4.74 Å². The lowest BCUT2D eigenvalue weighted by atomic mass is 10.2. The number of nitrogens with two attached hydrogens (primary N) is 1. The molecule has 2 N–H and O–H groups in total. The number of methoxy groups -OCH3 is 1. The monoisotopic (exact) mass is 375 g/mol. The first-order valence-electron chi connectivity index (χ1n) is 5.31. The minimum atomic E-state index is -0.634. The van der Waals surface area contributed by atoms with Gasteiger partial charge in [0.2, 0.25) is 0 Å². The third-order valence-electron chi connectivity index (χ3n) is 2.45. The van der Waals surface area contributed by atoms with Gasteiger partial charge in [0.25, 0.3) is 0 Å². The molecule has 5 nitrogen and oxygen atoms in total. The van der Waals surface area contributed by atoms with Crippen molar-refractivity contribution in [3.05, 3.63) is 38.4 Å². The van der Waals surface area contributed by atoms with E-state index in [2.05, 4.69) is 30.6 Å². The van der Waals surface area contributed by atoms with Crippen LogP contribution in [0.15, 0.2) is 22.7 Å². The average Bonchev–Trinajstić information content (AvgIpc) is 2.44. The standard InChI is InChI=1S/C12H8BrCl2N3O2/c1-20-12(19)9-7(13)10(16)18-11(17-9)5-3-2-4-6(14)8(5)15/h2-4H,1H3,(H2,16,17,18). The Bertz CT molecular complexity index is 695. The molecule has 1 heterocycles. The zero-order valence-corrected chi connectivity index (χ0v) is 13.3. The summed E-state index contributed by atoms with van der Waals surface area (Å²) >= 11 is 15.2. The van der Waals surface area contributed by atoms with Crippen molar-refractivity contribution in [2.45, 2.75) is 0 Å². The summed E-state index contributed by atoms with van der Waals surface area (Å²) in [6.07, 6.45) is 0. The number of hydrogen-bond acceptors (Lipinski definition) is 5. The highest BCUT2D eigenvalue weighted by molar-refractivity contribution is 9.10. The summed E-state index contributed by atoms with van der Waals surface area (Å²) in [7, 11) is 1.25. The van der Waals surface area contributed by atoms with Gasteiger partial charge in [-0.25, -0.2) is 14.8 Å². The Labute approximate surface area is 133 Å². The van der Waals surface area contributed by atoms with Crippen LogP contribution >= 0.6 is 39.1 Å². The van der Waals surface area contributed by atoms with Gasteiger partial charge in [-0.3, -0.25) is 0 Å². The maximum Gasteiger partial charge on any atom is 0.358 e. The third kappa shape index (κ3) is 2.72. The lowest BCUT2D eigenvalue weighted by Crippen LogP contribution is -2.10. The van der Waals surface area contributed by atoms with E-state index in [1.54, 1.807) is 18.2 Å². The quantitative estimate of drug-likeness (QED) is 0.810. The molecule has 1 aromatic carbocycles. The molecule has 8 heteroatoms. The van der Waals surface area contributed by atoms with Crippen molar-refractivity contribution in [2.75, 3.05) is 12.8 Å². The number of benzene rings is 1. The summed E-state index contributed by atoms with van der Waals surface area (Å²) in [6, 6.07) is 5.01. The van der Waals surface area contributed by atoms with Gasteiger partial charge in [-0.05, 0) is 28.1 Å². The van der Waals surface area contributed by atoms with E-state index in [4.69, 9.17) is 28.9 Å².